The Hall–Kier alpha value is -1.71. The van der Waals surface area contributed by atoms with Crippen molar-refractivity contribution in [2.75, 3.05) is 23.8 Å². The Kier molecular flexibility index (Phi) is 3.32. The maximum Gasteiger partial charge on any atom is 0.265 e. The number of rotatable bonds is 2. The molecule has 1 aliphatic carbocycles. The molecule has 1 aliphatic heterocycles. The van der Waals surface area contributed by atoms with Crippen LogP contribution in [0.15, 0.2) is 18.2 Å². The van der Waals surface area contributed by atoms with Crippen LogP contribution in [0.3, 0.4) is 0 Å². The third-order valence-corrected chi connectivity index (χ3v) is 4.09. The number of fused-ring (bicyclic) bond motifs is 1. The minimum atomic E-state index is 0.0451. The lowest BCUT2D eigenvalue weighted by atomic mass is 9.88. The SMILES string of the molecule is Nc1ccc2c(c1)N(CC1CCCCC1)C(=O)CO2. The van der Waals surface area contributed by atoms with Crippen LogP contribution in [0.4, 0.5) is 11.4 Å². The zero-order valence-electron chi connectivity index (χ0n) is 11.1. The van der Waals surface area contributed by atoms with Gasteiger partial charge in [-0.05, 0) is 37.0 Å². The van der Waals surface area contributed by atoms with E-state index in [0.717, 1.165) is 18.0 Å². The molecule has 2 N–H and O–H groups in total. The van der Waals surface area contributed by atoms with Crippen LogP contribution in [0.25, 0.3) is 0 Å². The van der Waals surface area contributed by atoms with E-state index in [2.05, 4.69) is 0 Å². The molecule has 0 saturated heterocycles. The van der Waals surface area contributed by atoms with Gasteiger partial charge in [0, 0.05) is 12.2 Å². The molecular weight excluding hydrogens is 240 g/mol. The standard InChI is InChI=1S/C15H20N2O2/c16-12-6-7-14-13(8-12)17(15(18)10-19-14)9-11-4-2-1-3-5-11/h6-8,11H,1-5,9-10,16H2. The van der Waals surface area contributed by atoms with E-state index in [1.807, 2.05) is 23.1 Å². The van der Waals surface area contributed by atoms with Gasteiger partial charge in [-0.2, -0.15) is 0 Å². The number of nitrogen functional groups attached to an aromatic ring is 1. The smallest absolute Gasteiger partial charge is 0.265 e. The zero-order valence-corrected chi connectivity index (χ0v) is 11.1. The molecule has 1 aromatic carbocycles. The summed E-state index contributed by atoms with van der Waals surface area (Å²) in [6.45, 7) is 0.947. The Balaban J connectivity index is 1.83. The Labute approximate surface area is 113 Å². The molecule has 0 radical (unpaired) electrons. The average molecular weight is 260 g/mol. The van der Waals surface area contributed by atoms with E-state index in [0.29, 0.717) is 11.6 Å². The first-order valence-corrected chi connectivity index (χ1v) is 7.07. The van der Waals surface area contributed by atoms with Gasteiger partial charge in [0.25, 0.3) is 5.91 Å². The van der Waals surface area contributed by atoms with Crippen molar-refractivity contribution in [1.82, 2.24) is 0 Å². The first-order chi connectivity index (χ1) is 9.24. The summed E-state index contributed by atoms with van der Waals surface area (Å²) in [6.07, 6.45) is 6.35. The molecule has 1 amide bonds. The fourth-order valence-corrected chi connectivity index (χ4v) is 3.05. The molecule has 4 heteroatoms. The molecule has 1 aromatic rings. The number of amides is 1. The van der Waals surface area contributed by atoms with Crippen molar-refractivity contribution in [2.45, 2.75) is 32.1 Å². The number of ether oxygens (including phenoxy) is 1. The van der Waals surface area contributed by atoms with Crippen LogP contribution in [0.2, 0.25) is 0 Å². The van der Waals surface area contributed by atoms with Crippen molar-refractivity contribution in [2.24, 2.45) is 5.92 Å². The molecule has 0 unspecified atom stereocenters. The number of carbonyl (C=O) groups is 1. The summed E-state index contributed by atoms with van der Waals surface area (Å²) in [6, 6.07) is 5.51. The second kappa shape index (κ2) is 5.11. The lowest BCUT2D eigenvalue weighted by molar-refractivity contribution is -0.121. The van der Waals surface area contributed by atoms with Crippen LogP contribution in [-0.4, -0.2) is 19.1 Å². The number of carbonyl (C=O) groups excluding carboxylic acids is 1. The van der Waals surface area contributed by atoms with Crippen LogP contribution >= 0.6 is 0 Å². The highest BCUT2D eigenvalue weighted by molar-refractivity contribution is 5.98. The number of nitrogens with zero attached hydrogens (tertiary/aromatic N) is 1. The quantitative estimate of drug-likeness (QED) is 0.831. The monoisotopic (exact) mass is 260 g/mol. The first kappa shape index (κ1) is 12.3. The first-order valence-electron chi connectivity index (χ1n) is 7.07. The lowest BCUT2D eigenvalue weighted by Gasteiger charge is -2.33. The third kappa shape index (κ3) is 2.53. The van der Waals surface area contributed by atoms with Crippen LogP contribution in [0.1, 0.15) is 32.1 Å². The molecule has 1 saturated carbocycles. The maximum absolute atomic E-state index is 12.1. The third-order valence-electron chi connectivity index (χ3n) is 4.09. The molecule has 0 spiro atoms. The van der Waals surface area contributed by atoms with Gasteiger partial charge < -0.3 is 15.4 Å². The predicted molar refractivity (Wildman–Crippen MR) is 75.3 cm³/mol. The van der Waals surface area contributed by atoms with Gasteiger partial charge in [0.15, 0.2) is 6.61 Å². The molecule has 4 nitrogen and oxygen atoms in total. The van der Waals surface area contributed by atoms with Crippen LogP contribution in [-0.2, 0) is 4.79 Å². The maximum atomic E-state index is 12.1. The summed E-state index contributed by atoms with van der Waals surface area (Å²) >= 11 is 0. The van der Waals surface area contributed by atoms with E-state index in [4.69, 9.17) is 10.5 Å². The van der Waals surface area contributed by atoms with Gasteiger partial charge in [-0.1, -0.05) is 19.3 Å². The highest BCUT2D eigenvalue weighted by atomic mass is 16.5. The summed E-state index contributed by atoms with van der Waals surface area (Å²) < 4.78 is 5.46. The fraction of sp³-hybridized carbons (Fsp3) is 0.533. The van der Waals surface area contributed by atoms with E-state index in [1.165, 1.54) is 32.1 Å². The zero-order chi connectivity index (χ0) is 13.2. The van der Waals surface area contributed by atoms with E-state index >= 15 is 0 Å². The van der Waals surface area contributed by atoms with Crippen LogP contribution in [0.5, 0.6) is 5.75 Å². The molecule has 0 aromatic heterocycles. The highest BCUT2D eigenvalue weighted by Gasteiger charge is 2.28. The van der Waals surface area contributed by atoms with Crippen molar-refractivity contribution in [1.29, 1.82) is 0 Å². The van der Waals surface area contributed by atoms with Gasteiger partial charge in [-0.25, -0.2) is 0 Å². The van der Waals surface area contributed by atoms with Gasteiger partial charge in [0.05, 0.1) is 5.69 Å². The van der Waals surface area contributed by atoms with E-state index < -0.39 is 0 Å². The topological polar surface area (TPSA) is 55.6 Å². The average Bonchev–Trinajstić information content (AvgIpc) is 2.43. The van der Waals surface area contributed by atoms with E-state index in [-0.39, 0.29) is 12.5 Å². The summed E-state index contributed by atoms with van der Waals surface area (Å²) in [4.78, 5) is 14.0. The number of hydrogen-bond acceptors (Lipinski definition) is 3. The minimum Gasteiger partial charge on any atom is -0.482 e. The Morgan fingerprint density at radius 1 is 1.26 bits per heavy atom. The highest BCUT2D eigenvalue weighted by Crippen LogP contribution is 2.35. The van der Waals surface area contributed by atoms with Crippen molar-refractivity contribution in [3.8, 4) is 5.75 Å². The Bertz CT molecular complexity index is 481. The Morgan fingerprint density at radius 3 is 2.84 bits per heavy atom. The summed E-state index contributed by atoms with van der Waals surface area (Å²) in [5.41, 5.74) is 7.34. The molecule has 0 bridgehead atoms. The summed E-state index contributed by atoms with van der Waals surface area (Å²) in [5, 5.41) is 0. The predicted octanol–water partition coefficient (Wildman–Crippen LogP) is 2.57. The second-order valence-corrected chi connectivity index (χ2v) is 5.52. The fourth-order valence-electron chi connectivity index (χ4n) is 3.05. The molecule has 102 valence electrons. The number of benzene rings is 1. The number of hydrogen-bond donors (Lipinski definition) is 1. The van der Waals surface area contributed by atoms with Crippen molar-refractivity contribution < 1.29 is 9.53 Å². The van der Waals surface area contributed by atoms with Gasteiger partial charge in [0.2, 0.25) is 0 Å². The van der Waals surface area contributed by atoms with Gasteiger partial charge in [-0.15, -0.1) is 0 Å². The normalized spacial score (nSPS) is 20.0. The minimum absolute atomic E-state index is 0.0451. The van der Waals surface area contributed by atoms with Gasteiger partial charge in [-0.3, -0.25) is 4.79 Å². The molecule has 1 fully saturated rings. The van der Waals surface area contributed by atoms with E-state index in [1.54, 1.807) is 0 Å². The molecule has 19 heavy (non-hydrogen) atoms. The van der Waals surface area contributed by atoms with E-state index in [9.17, 15) is 4.79 Å². The number of nitrogens with two attached hydrogens (primary N) is 1. The van der Waals surface area contributed by atoms with Crippen LogP contribution < -0.4 is 15.4 Å². The van der Waals surface area contributed by atoms with Gasteiger partial charge >= 0.3 is 0 Å². The Morgan fingerprint density at radius 2 is 2.05 bits per heavy atom. The van der Waals surface area contributed by atoms with Crippen molar-refractivity contribution in [3.63, 3.8) is 0 Å². The van der Waals surface area contributed by atoms with Crippen LogP contribution in [0, 0.1) is 5.92 Å². The molecule has 1 heterocycles. The summed E-state index contributed by atoms with van der Waals surface area (Å²) in [5.74, 6) is 1.43. The van der Waals surface area contributed by atoms with Crippen molar-refractivity contribution >= 4 is 17.3 Å². The molecule has 3 rings (SSSR count). The molecule has 0 atom stereocenters. The second-order valence-electron chi connectivity index (χ2n) is 5.52. The van der Waals surface area contributed by atoms with Crippen molar-refractivity contribution in [3.05, 3.63) is 18.2 Å². The lowest BCUT2D eigenvalue weighted by Crippen LogP contribution is -2.42. The molecular formula is C15H20N2O2. The van der Waals surface area contributed by atoms with Gasteiger partial charge in [0.1, 0.15) is 5.75 Å². The summed E-state index contributed by atoms with van der Waals surface area (Å²) in [7, 11) is 0. The number of anilines is 2. The largest absolute Gasteiger partial charge is 0.482 e. The molecule has 2 aliphatic rings.